The highest BCUT2D eigenvalue weighted by atomic mass is 16.6. The molecule has 0 spiro atoms. The number of esters is 2. The summed E-state index contributed by atoms with van der Waals surface area (Å²) >= 11 is 0. The predicted molar refractivity (Wildman–Crippen MR) is 185 cm³/mol. The van der Waals surface area contributed by atoms with E-state index in [1.807, 2.05) is 0 Å². The van der Waals surface area contributed by atoms with Crippen LogP contribution in [0.15, 0.2) is 48.6 Å². The summed E-state index contributed by atoms with van der Waals surface area (Å²) < 4.78 is 31.9. The van der Waals surface area contributed by atoms with Crippen molar-refractivity contribution in [1.29, 1.82) is 0 Å². The van der Waals surface area contributed by atoms with Crippen molar-refractivity contribution >= 4 is 35.1 Å². The fourth-order valence-electron chi connectivity index (χ4n) is 6.06. The molecule has 2 atom stereocenters. The minimum Gasteiger partial charge on any atom is -0.493 e. The maximum atomic E-state index is 13.4. The molecule has 2 fully saturated rings. The van der Waals surface area contributed by atoms with Crippen molar-refractivity contribution in [2.24, 2.45) is 0 Å². The maximum Gasteiger partial charge on any atom is 0.328 e. The van der Waals surface area contributed by atoms with E-state index in [1.165, 1.54) is 50.4 Å². The SMILES string of the molecule is C=C1C[C@@H](C(=O)OC)N(C(=O)c2cc(OC)c(OCCCCCOc3cc([N+](=O)[O-])c(C(=O)N4CC(=C)C[C@H]4C(=O)OC)cc3OC)cc2[N+](=O)[O-])C1. The Hall–Kier alpha value is -6.20. The van der Waals surface area contributed by atoms with Crippen LogP contribution >= 0.6 is 0 Å². The maximum absolute atomic E-state index is 13.4. The zero-order valence-electron chi connectivity index (χ0n) is 29.7. The van der Waals surface area contributed by atoms with Gasteiger partial charge in [-0.25, -0.2) is 9.59 Å². The van der Waals surface area contributed by atoms with E-state index in [1.54, 1.807) is 0 Å². The monoisotopic (exact) mass is 740 g/mol. The smallest absolute Gasteiger partial charge is 0.328 e. The zero-order valence-corrected chi connectivity index (χ0v) is 29.7. The Bertz CT molecular complexity index is 1700. The van der Waals surface area contributed by atoms with Crippen molar-refractivity contribution in [3.63, 3.8) is 0 Å². The van der Waals surface area contributed by atoms with Gasteiger partial charge >= 0.3 is 11.9 Å². The molecule has 4 rings (SSSR count). The normalized spacial score (nSPS) is 16.6. The van der Waals surface area contributed by atoms with Gasteiger partial charge in [-0.05, 0) is 19.3 Å². The van der Waals surface area contributed by atoms with Gasteiger partial charge in [0, 0.05) is 38.1 Å². The fourth-order valence-corrected chi connectivity index (χ4v) is 6.06. The van der Waals surface area contributed by atoms with Crippen molar-refractivity contribution < 1.29 is 57.4 Å². The van der Waals surface area contributed by atoms with Crippen LogP contribution in [0.4, 0.5) is 11.4 Å². The molecule has 18 nitrogen and oxygen atoms in total. The predicted octanol–water partition coefficient (Wildman–Crippen LogP) is 4.04. The lowest BCUT2D eigenvalue weighted by Gasteiger charge is -2.22. The number of carbonyl (C=O) groups excluding carboxylic acids is 4. The number of hydrogen-bond donors (Lipinski definition) is 0. The van der Waals surface area contributed by atoms with E-state index >= 15 is 0 Å². The lowest BCUT2D eigenvalue weighted by Crippen LogP contribution is -2.41. The van der Waals surface area contributed by atoms with Crippen molar-refractivity contribution in [2.45, 2.75) is 44.2 Å². The number of nitro groups is 2. The minimum absolute atomic E-state index is 0.0308. The number of likely N-dealkylation sites (tertiary alicyclic amines) is 2. The molecule has 0 bridgehead atoms. The van der Waals surface area contributed by atoms with Crippen molar-refractivity contribution in [3.05, 3.63) is 79.9 Å². The van der Waals surface area contributed by atoms with Gasteiger partial charge < -0.3 is 38.2 Å². The molecule has 2 aliphatic rings. The van der Waals surface area contributed by atoms with Gasteiger partial charge in [-0.15, -0.1) is 0 Å². The highest BCUT2D eigenvalue weighted by molar-refractivity contribution is 6.02. The van der Waals surface area contributed by atoms with Crippen molar-refractivity contribution in [2.75, 3.05) is 54.7 Å². The number of ether oxygens (including phenoxy) is 6. The summed E-state index contributed by atoms with van der Waals surface area (Å²) in [5, 5.41) is 24.0. The van der Waals surface area contributed by atoms with Gasteiger partial charge in [-0.1, -0.05) is 24.3 Å². The molecule has 0 aliphatic carbocycles. The van der Waals surface area contributed by atoms with Gasteiger partial charge in [0.15, 0.2) is 23.0 Å². The third kappa shape index (κ3) is 8.82. The highest BCUT2D eigenvalue weighted by Gasteiger charge is 2.41. The first-order chi connectivity index (χ1) is 25.3. The molecule has 2 amide bonds. The topological polar surface area (TPSA) is 216 Å². The van der Waals surface area contributed by atoms with Gasteiger partial charge in [-0.2, -0.15) is 0 Å². The molecule has 53 heavy (non-hydrogen) atoms. The van der Waals surface area contributed by atoms with Crippen LogP contribution in [0.25, 0.3) is 0 Å². The molecule has 2 aromatic carbocycles. The summed E-state index contributed by atoms with van der Waals surface area (Å²) in [6.45, 7) is 7.95. The number of amides is 2. The quantitative estimate of drug-likeness (QED) is 0.0781. The standard InChI is InChI=1S/C35H40N4O14/c1-20-12-26(34(42)50-5)36(18-20)32(40)22-14-28(48-3)30(16-24(22)38(44)45)52-10-8-7-9-11-53-31-17-25(39(46)47)23(15-29(31)49-4)33(41)37-19-21(2)13-27(37)35(43)51-6/h14-17,26-27H,1-2,7-13,18-19H2,3-6H3/t26-,27-/m0/s1. The zero-order chi connectivity index (χ0) is 39.0. The van der Waals surface area contributed by atoms with Gasteiger partial charge in [0.05, 0.1) is 63.6 Å². The summed E-state index contributed by atoms with van der Waals surface area (Å²) in [4.78, 5) is 76.3. The first kappa shape index (κ1) is 39.6. The van der Waals surface area contributed by atoms with Crippen LogP contribution in [-0.4, -0.2) is 110 Å². The second kappa shape index (κ2) is 17.3. The van der Waals surface area contributed by atoms with E-state index in [0.29, 0.717) is 30.4 Å². The molecule has 2 aliphatic heterocycles. The van der Waals surface area contributed by atoms with E-state index in [0.717, 1.165) is 12.1 Å². The van der Waals surface area contributed by atoms with Crippen LogP contribution in [-0.2, 0) is 19.1 Å². The Morgan fingerprint density at radius 1 is 0.660 bits per heavy atom. The van der Waals surface area contributed by atoms with E-state index in [4.69, 9.17) is 28.4 Å². The first-order valence-electron chi connectivity index (χ1n) is 16.3. The molecule has 0 N–H and O–H groups in total. The van der Waals surface area contributed by atoms with Gasteiger partial charge in [0.2, 0.25) is 0 Å². The minimum atomic E-state index is -0.964. The van der Waals surface area contributed by atoms with Crippen molar-refractivity contribution in [1.82, 2.24) is 9.80 Å². The number of methoxy groups -OCH3 is 4. The Balaban J connectivity index is 1.38. The number of carbonyl (C=O) groups is 4. The second-order valence-corrected chi connectivity index (χ2v) is 12.2. The molecule has 2 heterocycles. The summed E-state index contributed by atoms with van der Waals surface area (Å²) in [5.41, 5.74) is -0.462. The van der Waals surface area contributed by atoms with E-state index in [9.17, 15) is 39.4 Å². The van der Waals surface area contributed by atoms with Crippen LogP contribution in [0.3, 0.4) is 0 Å². The Morgan fingerprint density at radius 3 is 1.36 bits per heavy atom. The summed E-state index contributed by atoms with van der Waals surface area (Å²) in [6, 6.07) is 2.66. The van der Waals surface area contributed by atoms with Crippen LogP contribution in [0, 0.1) is 20.2 Å². The second-order valence-electron chi connectivity index (χ2n) is 12.2. The van der Waals surface area contributed by atoms with Crippen LogP contribution < -0.4 is 18.9 Å². The molecule has 0 saturated carbocycles. The van der Waals surface area contributed by atoms with Crippen LogP contribution in [0.2, 0.25) is 0 Å². The Kier molecular flexibility index (Phi) is 13.0. The first-order valence-corrected chi connectivity index (χ1v) is 16.3. The lowest BCUT2D eigenvalue weighted by molar-refractivity contribution is -0.385. The molecular weight excluding hydrogens is 700 g/mol. The largest absolute Gasteiger partial charge is 0.493 e. The number of benzene rings is 2. The molecular formula is C35H40N4O14. The average Bonchev–Trinajstić information content (AvgIpc) is 3.74. The van der Waals surface area contributed by atoms with E-state index in [-0.39, 0.29) is 73.3 Å². The van der Waals surface area contributed by atoms with E-state index in [2.05, 4.69) is 13.2 Å². The molecule has 18 heteroatoms. The molecule has 284 valence electrons. The number of unbranched alkanes of at least 4 members (excludes halogenated alkanes) is 2. The Labute approximate surface area is 304 Å². The number of rotatable bonds is 16. The highest BCUT2D eigenvalue weighted by Crippen LogP contribution is 2.38. The number of nitrogens with zero attached hydrogens (tertiary/aromatic N) is 4. The number of hydrogen-bond acceptors (Lipinski definition) is 14. The van der Waals surface area contributed by atoms with E-state index < -0.39 is 57.1 Å². The molecule has 0 aromatic heterocycles. The van der Waals surface area contributed by atoms with Gasteiger partial charge in [-0.3, -0.25) is 29.8 Å². The van der Waals surface area contributed by atoms with Crippen molar-refractivity contribution in [3.8, 4) is 23.0 Å². The summed E-state index contributed by atoms with van der Waals surface area (Å²) in [5.74, 6) is -2.64. The third-order valence-corrected chi connectivity index (χ3v) is 8.69. The Morgan fingerprint density at radius 2 is 1.04 bits per heavy atom. The van der Waals surface area contributed by atoms with Gasteiger partial charge in [0.25, 0.3) is 23.2 Å². The van der Waals surface area contributed by atoms with Crippen LogP contribution in [0.5, 0.6) is 23.0 Å². The summed E-state index contributed by atoms with van der Waals surface area (Å²) in [7, 11) is 5.00. The fraction of sp³-hybridized carbons (Fsp3) is 0.429. The molecule has 2 aromatic rings. The number of nitro benzene ring substituents is 2. The van der Waals surface area contributed by atoms with Crippen LogP contribution in [0.1, 0.15) is 52.8 Å². The summed E-state index contributed by atoms with van der Waals surface area (Å²) in [6.07, 6.45) is 1.82. The lowest BCUT2D eigenvalue weighted by atomic mass is 10.1. The van der Waals surface area contributed by atoms with Gasteiger partial charge in [0.1, 0.15) is 23.2 Å². The third-order valence-electron chi connectivity index (χ3n) is 8.69. The average molecular weight is 741 g/mol. The molecule has 0 radical (unpaired) electrons. The molecule has 0 unspecified atom stereocenters. The molecule has 2 saturated heterocycles.